The van der Waals surface area contributed by atoms with Gasteiger partial charge in [-0.2, -0.15) is 10.2 Å². The average Bonchev–Trinajstić information content (AvgIpc) is 3.57. The molecule has 0 unspecified atom stereocenters. The van der Waals surface area contributed by atoms with Gasteiger partial charge >= 0.3 is 5.97 Å². The van der Waals surface area contributed by atoms with Crippen LogP contribution < -0.4 is 11.1 Å². The molecule has 4 N–H and O–H groups in total. The van der Waals surface area contributed by atoms with Crippen molar-refractivity contribution in [1.29, 1.82) is 0 Å². The number of esters is 1. The number of H-pyrrole nitrogens is 1. The predicted molar refractivity (Wildman–Crippen MR) is 135 cm³/mol. The summed E-state index contributed by atoms with van der Waals surface area (Å²) < 4.78 is 21.0. The summed E-state index contributed by atoms with van der Waals surface area (Å²) in [5.74, 6) is -1.17. The molecule has 37 heavy (non-hydrogen) atoms. The largest absolute Gasteiger partial charge is 0.469 e. The van der Waals surface area contributed by atoms with Crippen LogP contribution in [0.4, 0.5) is 4.39 Å². The minimum Gasteiger partial charge on any atom is -0.469 e. The number of ether oxygens (including phenoxy) is 1. The van der Waals surface area contributed by atoms with Crippen LogP contribution in [0.15, 0.2) is 55.0 Å². The van der Waals surface area contributed by atoms with Crippen molar-refractivity contribution in [3.63, 3.8) is 0 Å². The molecule has 0 fully saturated rings. The molecule has 1 aromatic carbocycles. The first-order chi connectivity index (χ1) is 17.9. The molecule has 0 aliphatic rings. The molecule has 4 rings (SSSR count). The number of aromatic amines is 1. The summed E-state index contributed by atoms with van der Waals surface area (Å²) in [5.41, 5.74) is 10.7. The Bertz CT molecular complexity index is 1400. The molecule has 0 aliphatic heterocycles. The van der Waals surface area contributed by atoms with E-state index in [4.69, 9.17) is 5.73 Å². The first-order valence-electron chi connectivity index (χ1n) is 11.8. The van der Waals surface area contributed by atoms with Gasteiger partial charge in [0.1, 0.15) is 11.5 Å². The van der Waals surface area contributed by atoms with Gasteiger partial charge in [0, 0.05) is 47.7 Å². The lowest BCUT2D eigenvalue weighted by atomic mass is 9.99. The molecular weight excluding hydrogens is 477 g/mol. The van der Waals surface area contributed by atoms with E-state index in [9.17, 15) is 14.0 Å². The molecule has 3 heterocycles. The fraction of sp³-hybridized carbons (Fsp3) is 0.269. The SMILES string of the molecule is COC(=O)CC[C@H](N)C(=O)NCCn1cc(-c2cc(-c3c[nH]nc3-c3cccc(C)n3)ccc2F)cn1. The van der Waals surface area contributed by atoms with Gasteiger partial charge in [0.15, 0.2) is 0 Å². The van der Waals surface area contributed by atoms with Gasteiger partial charge < -0.3 is 15.8 Å². The number of pyridine rings is 1. The molecule has 10 nitrogen and oxygen atoms in total. The van der Waals surface area contributed by atoms with E-state index in [0.717, 1.165) is 22.5 Å². The van der Waals surface area contributed by atoms with Crippen molar-refractivity contribution in [2.45, 2.75) is 32.4 Å². The quantitative estimate of drug-likeness (QED) is 0.282. The van der Waals surface area contributed by atoms with Crippen LogP contribution in [0.1, 0.15) is 18.5 Å². The van der Waals surface area contributed by atoms with E-state index in [-0.39, 0.29) is 31.1 Å². The van der Waals surface area contributed by atoms with Gasteiger partial charge in [-0.25, -0.2) is 4.39 Å². The summed E-state index contributed by atoms with van der Waals surface area (Å²) in [4.78, 5) is 27.9. The number of amides is 1. The highest BCUT2D eigenvalue weighted by Gasteiger charge is 2.17. The third-order valence-corrected chi connectivity index (χ3v) is 5.86. The van der Waals surface area contributed by atoms with Gasteiger partial charge in [-0.1, -0.05) is 12.1 Å². The number of benzene rings is 1. The van der Waals surface area contributed by atoms with Crippen molar-refractivity contribution in [1.82, 2.24) is 30.3 Å². The lowest BCUT2D eigenvalue weighted by Crippen LogP contribution is -2.42. The Labute approximate surface area is 213 Å². The number of hydrogen-bond donors (Lipinski definition) is 3. The summed E-state index contributed by atoms with van der Waals surface area (Å²) in [6.45, 7) is 2.55. The van der Waals surface area contributed by atoms with E-state index in [1.54, 1.807) is 35.4 Å². The summed E-state index contributed by atoms with van der Waals surface area (Å²) >= 11 is 0. The fourth-order valence-electron chi connectivity index (χ4n) is 3.85. The molecule has 0 aliphatic carbocycles. The van der Waals surface area contributed by atoms with Crippen LogP contribution >= 0.6 is 0 Å². The minimum atomic E-state index is -0.813. The van der Waals surface area contributed by atoms with Crippen molar-refractivity contribution in [3.8, 4) is 33.6 Å². The topological polar surface area (TPSA) is 141 Å². The molecule has 1 atom stereocenters. The molecule has 0 bridgehead atoms. The Kier molecular flexibility index (Phi) is 8.04. The monoisotopic (exact) mass is 505 g/mol. The highest BCUT2D eigenvalue weighted by Crippen LogP contribution is 2.33. The van der Waals surface area contributed by atoms with Gasteiger partial charge in [0.2, 0.25) is 5.91 Å². The number of carbonyl (C=O) groups excluding carboxylic acids is 2. The molecule has 4 aromatic rings. The molecule has 192 valence electrons. The second-order valence-electron chi connectivity index (χ2n) is 8.51. The maximum Gasteiger partial charge on any atom is 0.305 e. The highest BCUT2D eigenvalue weighted by molar-refractivity contribution is 5.82. The second-order valence-corrected chi connectivity index (χ2v) is 8.51. The van der Waals surface area contributed by atoms with Crippen LogP contribution in [0.5, 0.6) is 0 Å². The van der Waals surface area contributed by atoms with Gasteiger partial charge in [0.25, 0.3) is 0 Å². The summed E-state index contributed by atoms with van der Waals surface area (Å²) in [7, 11) is 1.28. The minimum absolute atomic E-state index is 0.0695. The van der Waals surface area contributed by atoms with E-state index < -0.39 is 12.0 Å². The second kappa shape index (κ2) is 11.6. The third kappa shape index (κ3) is 6.25. The number of halogens is 1. The van der Waals surface area contributed by atoms with E-state index in [1.165, 1.54) is 13.2 Å². The number of nitrogens with two attached hydrogens (primary N) is 1. The molecule has 0 radical (unpaired) electrons. The van der Waals surface area contributed by atoms with Crippen LogP contribution in [0, 0.1) is 12.7 Å². The molecule has 0 saturated heterocycles. The molecule has 0 spiro atoms. The molecule has 11 heteroatoms. The third-order valence-electron chi connectivity index (χ3n) is 5.86. The Morgan fingerprint density at radius 2 is 2.05 bits per heavy atom. The first-order valence-corrected chi connectivity index (χ1v) is 11.8. The van der Waals surface area contributed by atoms with E-state index in [1.807, 2.05) is 25.1 Å². The van der Waals surface area contributed by atoms with Crippen molar-refractivity contribution in [3.05, 3.63) is 66.5 Å². The van der Waals surface area contributed by atoms with Crippen LogP contribution in [0.2, 0.25) is 0 Å². The predicted octanol–water partition coefficient (Wildman–Crippen LogP) is 2.85. The van der Waals surface area contributed by atoms with E-state index >= 15 is 0 Å². The van der Waals surface area contributed by atoms with Gasteiger partial charge in [-0.3, -0.25) is 24.4 Å². The Balaban J connectivity index is 1.43. The Hall–Kier alpha value is -4.38. The fourth-order valence-corrected chi connectivity index (χ4v) is 3.85. The standard InChI is InChI=1S/C26H28FN7O3/c1-16-4-3-5-23(32-16)25-20(14-30-33-25)17-6-7-21(27)19(12-17)18-13-31-34(15-18)11-10-29-26(36)22(28)8-9-24(35)37-2/h3-7,12-15,22H,8-11,28H2,1-2H3,(H,29,36)(H,30,33)/t22-/m0/s1. The summed E-state index contributed by atoms with van der Waals surface area (Å²) in [5, 5.41) is 14.2. The smallest absolute Gasteiger partial charge is 0.305 e. The van der Waals surface area contributed by atoms with Crippen LogP contribution in [-0.2, 0) is 20.9 Å². The van der Waals surface area contributed by atoms with Crippen molar-refractivity contribution in [2.24, 2.45) is 5.73 Å². The molecular formula is C26H28FN7O3. The summed E-state index contributed by atoms with van der Waals surface area (Å²) in [6, 6.07) is 9.76. The zero-order valence-corrected chi connectivity index (χ0v) is 20.6. The normalized spacial score (nSPS) is 11.8. The zero-order chi connectivity index (χ0) is 26.4. The number of hydrogen-bond acceptors (Lipinski definition) is 7. The van der Waals surface area contributed by atoms with E-state index in [2.05, 4.69) is 30.3 Å². The number of methoxy groups -OCH3 is 1. The number of aromatic nitrogens is 5. The molecule has 1 amide bonds. The molecule has 0 saturated carbocycles. The zero-order valence-electron chi connectivity index (χ0n) is 20.6. The maximum absolute atomic E-state index is 14.8. The number of nitrogens with one attached hydrogen (secondary N) is 2. The first kappa shape index (κ1) is 25.7. The van der Waals surface area contributed by atoms with E-state index in [0.29, 0.717) is 23.4 Å². The Morgan fingerprint density at radius 1 is 1.22 bits per heavy atom. The van der Waals surface area contributed by atoms with Crippen LogP contribution in [0.3, 0.4) is 0 Å². The van der Waals surface area contributed by atoms with Crippen molar-refractivity contribution >= 4 is 11.9 Å². The number of nitrogens with zero attached hydrogens (tertiary/aromatic N) is 4. The lowest BCUT2D eigenvalue weighted by molar-refractivity contribution is -0.140. The van der Waals surface area contributed by atoms with Gasteiger partial charge in [-0.05, 0) is 43.2 Å². The maximum atomic E-state index is 14.8. The summed E-state index contributed by atoms with van der Waals surface area (Å²) in [6.07, 6.45) is 5.31. The van der Waals surface area contributed by atoms with Gasteiger partial charge in [0.05, 0.1) is 31.6 Å². The van der Waals surface area contributed by atoms with Crippen molar-refractivity contribution in [2.75, 3.05) is 13.7 Å². The van der Waals surface area contributed by atoms with Crippen LogP contribution in [0.25, 0.3) is 33.6 Å². The number of aryl methyl sites for hydroxylation is 1. The lowest BCUT2D eigenvalue weighted by Gasteiger charge is -2.11. The van der Waals surface area contributed by atoms with Gasteiger partial charge in [-0.15, -0.1) is 0 Å². The Morgan fingerprint density at radius 3 is 2.84 bits per heavy atom. The molecule has 3 aromatic heterocycles. The van der Waals surface area contributed by atoms with Crippen molar-refractivity contribution < 1.29 is 18.7 Å². The van der Waals surface area contributed by atoms with Crippen LogP contribution in [-0.4, -0.2) is 56.5 Å². The highest BCUT2D eigenvalue weighted by atomic mass is 19.1. The number of rotatable bonds is 10. The average molecular weight is 506 g/mol. The number of carbonyl (C=O) groups is 2.